The summed E-state index contributed by atoms with van der Waals surface area (Å²) < 4.78 is 26.0. The molecule has 0 bridgehead atoms. The van der Waals surface area contributed by atoms with Gasteiger partial charge in [-0.2, -0.15) is 0 Å². The van der Waals surface area contributed by atoms with Gasteiger partial charge in [0.25, 0.3) is 0 Å². The molecule has 4 nitrogen and oxygen atoms in total. The molecule has 0 aliphatic heterocycles. The van der Waals surface area contributed by atoms with Crippen LogP contribution in [0.2, 0.25) is 0 Å². The van der Waals surface area contributed by atoms with Crippen LogP contribution >= 0.6 is 0 Å². The number of pyridine rings is 1. The molecule has 0 atom stereocenters. The molecule has 0 amide bonds. The number of hydrogen-bond donors (Lipinski definition) is 0. The van der Waals surface area contributed by atoms with Crippen LogP contribution in [0.25, 0.3) is 0 Å². The number of aromatic nitrogens is 1. The van der Waals surface area contributed by atoms with Gasteiger partial charge in [-0.25, -0.2) is 8.42 Å². The van der Waals surface area contributed by atoms with Crippen LogP contribution in [0.5, 0.6) is 0 Å². The molecule has 0 aliphatic carbocycles. The maximum atomic E-state index is 12.3. The topological polar surface area (TPSA) is 50.3 Å². The zero-order chi connectivity index (χ0) is 14.6. The van der Waals surface area contributed by atoms with Crippen LogP contribution in [0.15, 0.2) is 48.8 Å². The van der Waals surface area contributed by atoms with Crippen molar-refractivity contribution in [2.24, 2.45) is 0 Å². The summed E-state index contributed by atoms with van der Waals surface area (Å²) in [5, 5.41) is 0. The van der Waals surface area contributed by atoms with Crippen molar-refractivity contribution in [2.45, 2.75) is 20.4 Å². The Balaban J connectivity index is 2.38. The summed E-state index contributed by atoms with van der Waals surface area (Å²) >= 11 is 0. The van der Waals surface area contributed by atoms with Crippen LogP contribution in [-0.4, -0.2) is 19.2 Å². The predicted molar refractivity (Wildman–Crippen MR) is 81.1 cm³/mol. The molecule has 1 aromatic heterocycles. The maximum Gasteiger partial charge on any atom is 0.235 e. The molecule has 1 heterocycles. The summed E-state index contributed by atoms with van der Waals surface area (Å²) in [6.45, 7) is 3.93. The van der Waals surface area contributed by atoms with E-state index in [9.17, 15) is 8.42 Å². The lowest BCUT2D eigenvalue weighted by Crippen LogP contribution is -2.31. The molecule has 106 valence electrons. The molecule has 0 radical (unpaired) electrons. The van der Waals surface area contributed by atoms with Crippen molar-refractivity contribution >= 4 is 15.7 Å². The highest BCUT2D eigenvalue weighted by Crippen LogP contribution is 2.21. The maximum absolute atomic E-state index is 12.3. The third kappa shape index (κ3) is 3.36. The van der Waals surface area contributed by atoms with Crippen molar-refractivity contribution in [2.75, 3.05) is 10.1 Å². The normalized spacial score (nSPS) is 11.3. The summed E-state index contributed by atoms with van der Waals surface area (Å²) in [6.07, 6.45) is 3.36. The van der Waals surface area contributed by atoms with Gasteiger partial charge in [-0.05, 0) is 37.6 Å². The molecule has 20 heavy (non-hydrogen) atoms. The standard InChI is InChI=1S/C15H18N2O2S/c1-3-20(18,19)17(12-14-5-4-10-16-11-14)15-8-6-13(2)7-9-15/h4-11H,3,12H2,1-2H3. The highest BCUT2D eigenvalue weighted by atomic mass is 32.2. The van der Waals surface area contributed by atoms with E-state index in [-0.39, 0.29) is 5.75 Å². The minimum atomic E-state index is -3.32. The van der Waals surface area contributed by atoms with Gasteiger partial charge in [-0.3, -0.25) is 9.29 Å². The predicted octanol–water partition coefficient (Wildman–Crippen LogP) is 2.75. The van der Waals surface area contributed by atoms with Crippen molar-refractivity contribution in [3.05, 3.63) is 59.9 Å². The molecule has 0 saturated carbocycles. The van der Waals surface area contributed by atoms with Crippen LogP contribution in [0.4, 0.5) is 5.69 Å². The molecule has 0 spiro atoms. The lowest BCUT2D eigenvalue weighted by Gasteiger charge is -2.24. The average Bonchev–Trinajstić information content (AvgIpc) is 2.47. The second-order valence-corrected chi connectivity index (χ2v) is 6.79. The van der Waals surface area contributed by atoms with E-state index >= 15 is 0 Å². The smallest absolute Gasteiger partial charge is 0.235 e. The second-order valence-electron chi connectivity index (χ2n) is 4.60. The Labute approximate surface area is 120 Å². The van der Waals surface area contributed by atoms with Gasteiger partial charge in [0.15, 0.2) is 0 Å². The summed E-state index contributed by atoms with van der Waals surface area (Å²) in [5.41, 5.74) is 2.65. The van der Waals surface area contributed by atoms with Gasteiger partial charge in [0.05, 0.1) is 18.0 Å². The van der Waals surface area contributed by atoms with Crippen LogP contribution in [-0.2, 0) is 16.6 Å². The van der Waals surface area contributed by atoms with E-state index in [0.29, 0.717) is 12.2 Å². The molecular formula is C15H18N2O2S. The van der Waals surface area contributed by atoms with Crippen molar-refractivity contribution in [3.8, 4) is 0 Å². The number of rotatable bonds is 5. The van der Waals surface area contributed by atoms with Gasteiger partial charge in [0, 0.05) is 12.4 Å². The molecule has 0 saturated heterocycles. The quantitative estimate of drug-likeness (QED) is 0.850. The Morgan fingerprint density at radius 1 is 1.15 bits per heavy atom. The Morgan fingerprint density at radius 2 is 1.85 bits per heavy atom. The molecule has 0 N–H and O–H groups in total. The first-order valence-electron chi connectivity index (χ1n) is 6.49. The fraction of sp³-hybridized carbons (Fsp3) is 0.267. The van der Waals surface area contributed by atoms with Crippen molar-refractivity contribution < 1.29 is 8.42 Å². The highest BCUT2D eigenvalue weighted by molar-refractivity contribution is 7.92. The SMILES string of the molecule is CCS(=O)(=O)N(Cc1cccnc1)c1ccc(C)cc1. The molecular weight excluding hydrogens is 272 g/mol. The monoisotopic (exact) mass is 290 g/mol. The molecule has 2 aromatic rings. The van der Waals surface area contributed by atoms with Crippen molar-refractivity contribution in [1.29, 1.82) is 0 Å². The summed E-state index contributed by atoms with van der Waals surface area (Å²) in [4.78, 5) is 4.03. The van der Waals surface area contributed by atoms with Gasteiger partial charge < -0.3 is 0 Å². The largest absolute Gasteiger partial charge is 0.266 e. The third-order valence-electron chi connectivity index (χ3n) is 3.07. The zero-order valence-corrected chi connectivity index (χ0v) is 12.5. The van der Waals surface area contributed by atoms with Gasteiger partial charge in [0.1, 0.15) is 0 Å². The van der Waals surface area contributed by atoms with Crippen molar-refractivity contribution in [3.63, 3.8) is 0 Å². The first kappa shape index (κ1) is 14.5. The lowest BCUT2D eigenvalue weighted by molar-refractivity contribution is 0.591. The highest BCUT2D eigenvalue weighted by Gasteiger charge is 2.20. The van der Waals surface area contributed by atoms with E-state index in [1.807, 2.05) is 37.3 Å². The number of sulfonamides is 1. The van der Waals surface area contributed by atoms with Crippen LogP contribution in [0.3, 0.4) is 0 Å². The second kappa shape index (κ2) is 6.05. The van der Waals surface area contributed by atoms with E-state index in [1.54, 1.807) is 25.4 Å². The minimum absolute atomic E-state index is 0.0706. The molecule has 0 fully saturated rings. The number of hydrogen-bond acceptors (Lipinski definition) is 3. The fourth-order valence-corrected chi connectivity index (χ4v) is 2.97. The van der Waals surface area contributed by atoms with Crippen LogP contribution in [0.1, 0.15) is 18.1 Å². The average molecular weight is 290 g/mol. The summed E-state index contributed by atoms with van der Waals surface area (Å²) in [5.74, 6) is 0.0706. The van der Waals surface area contributed by atoms with Crippen molar-refractivity contribution in [1.82, 2.24) is 4.98 Å². The van der Waals surface area contributed by atoms with Gasteiger partial charge >= 0.3 is 0 Å². The Kier molecular flexibility index (Phi) is 4.39. The zero-order valence-electron chi connectivity index (χ0n) is 11.7. The van der Waals surface area contributed by atoms with Gasteiger partial charge in [-0.1, -0.05) is 23.8 Å². The van der Waals surface area contributed by atoms with Crippen LogP contribution < -0.4 is 4.31 Å². The Morgan fingerprint density at radius 3 is 2.40 bits per heavy atom. The van der Waals surface area contributed by atoms with E-state index in [1.165, 1.54) is 4.31 Å². The van der Waals surface area contributed by atoms with Crippen LogP contribution in [0, 0.1) is 6.92 Å². The molecule has 5 heteroatoms. The first-order chi connectivity index (χ1) is 9.53. The minimum Gasteiger partial charge on any atom is -0.266 e. The van der Waals surface area contributed by atoms with E-state index in [2.05, 4.69) is 4.98 Å². The number of nitrogens with zero attached hydrogens (tertiary/aromatic N) is 2. The number of anilines is 1. The first-order valence-corrected chi connectivity index (χ1v) is 8.10. The van der Waals surface area contributed by atoms with Gasteiger partial charge in [0.2, 0.25) is 10.0 Å². The third-order valence-corrected chi connectivity index (χ3v) is 4.81. The van der Waals surface area contributed by atoms with E-state index in [4.69, 9.17) is 0 Å². The molecule has 0 aliphatic rings. The Hall–Kier alpha value is -1.88. The van der Waals surface area contributed by atoms with E-state index < -0.39 is 10.0 Å². The lowest BCUT2D eigenvalue weighted by atomic mass is 10.2. The number of aryl methyl sites for hydroxylation is 1. The van der Waals surface area contributed by atoms with E-state index in [0.717, 1.165) is 11.1 Å². The molecule has 0 unspecified atom stereocenters. The molecule has 1 aromatic carbocycles. The fourth-order valence-electron chi connectivity index (χ4n) is 1.87. The van der Waals surface area contributed by atoms with Gasteiger partial charge in [-0.15, -0.1) is 0 Å². The summed E-state index contributed by atoms with van der Waals surface area (Å²) in [7, 11) is -3.32. The molecule has 2 rings (SSSR count). The number of benzene rings is 1. The summed E-state index contributed by atoms with van der Waals surface area (Å²) in [6, 6.07) is 11.2. The Bertz CT molecular complexity index is 652.